The predicted molar refractivity (Wildman–Crippen MR) is 68.6 cm³/mol. The molecule has 1 amide bonds. The van der Waals surface area contributed by atoms with E-state index in [1.54, 1.807) is 16.8 Å². The predicted octanol–water partition coefficient (Wildman–Crippen LogP) is 0.942. The molecule has 0 aliphatic rings. The van der Waals surface area contributed by atoms with Crippen molar-refractivity contribution in [2.75, 3.05) is 5.32 Å². The highest BCUT2D eigenvalue weighted by molar-refractivity contribution is 5.91. The molecule has 0 spiro atoms. The number of imidazole rings is 1. The summed E-state index contributed by atoms with van der Waals surface area (Å²) in [5.41, 5.74) is 2.26. The van der Waals surface area contributed by atoms with Crippen LogP contribution in [0.3, 0.4) is 0 Å². The van der Waals surface area contributed by atoms with Crippen LogP contribution in [0.1, 0.15) is 12.8 Å². The lowest BCUT2D eigenvalue weighted by Gasteiger charge is -2.02. The van der Waals surface area contributed by atoms with E-state index < -0.39 is 0 Å². The van der Waals surface area contributed by atoms with E-state index in [2.05, 4.69) is 25.6 Å². The van der Waals surface area contributed by atoms with Crippen molar-refractivity contribution in [3.05, 3.63) is 42.0 Å². The number of H-pyrrole nitrogens is 1. The quantitative estimate of drug-likeness (QED) is 0.731. The number of anilines is 1. The Bertz CT molecular complexity index is 777. The minimum atomic E-state index is -0.236. The molecule has 0 fully saturated rings. The fourth-order valence-corrected chi connectivity index (χ4v) is 1.78. The first-order valence-electron chi connectivity index (χ1n) is 6.24. The average molecular weight is 257 g/mol. The van der Waals surface area contributed by atoms with E-state index in [1.165, 1.54) is 6.07 Å². The summed E-state index contributed by atoms with van der Waals surface area (Å²) in [6, 6.07) is 5.02. The molecule has 2 N–H and O–H groups in total. The molecule has 96 valence electrons. The molecular formula is C12H12N6O. The van der Waals surface area contributed by atoms with Crippen LogP contribution in [-0.4, -0.2) is 30.7 Å². The molecule has 3 aromatic heterocycles. The Morgan fingerprint density at radius 3 is 3.21 bits per heavy atom. The van der Waals surface area contributed by atoms with Crippen LogP contribution in [0.25, 0.3) is 5.65 Å². The van der Waals surface area contributed by atoms with E-state index in [-0.39, 0.29) is 18.5 Å². The maximum absolute atomic E-state index is 11.8. The van der Waals surface area contributed by atoms with E-state index in [4.69, 9.17) is 1.37 Å². The Balaban J connectivity index is 1.73. The first-order chi connectivity index (χ1) is 9.60. The van der Waals surface area contributed by atoms with Crippen LogP contribution >= 0.6 is 0 Å². The lowest BCUT2D eigenvalue weighted by atomic mass is 10.3. The van der Waals surface area contributed by atoms with Crippen LogP contribution in [0.15, 0.2) is 30.6 Å². The molecular weight excluding hydrogens is 244 g/mol. The Kier molecular flexibility index (Phi) is 2.44. The van der Waals surface area contributed by atoms with E-state index in [1.807, 2.05) is 13.0 Å². The normalized spacial score (nSPS) is 11.5. The van der Waals surface area contributed by atoms with Crippen LogP contribution in [0, 0.1) is 6.92 Å². The van der Waals surface area contributed by atoms with Crippen molar-refractivity contribution in [3.63, 3.8) is 0 Å². The third kappa shape index (κ3) is 2.44. The maximum atomic E-state index is 11.8. The zero-order valence-electron chi connectivity index (χ0n) is 11.2. The number of rotatable bonds is 3. The topological polar surface area (TPSA) is 88.0 Å². The number of amides is 1. The first kappa shape index (κ1) is 10.2. The minimum Gasteiger partial charge on any atom is -0.309 e. The molecule has 0 unspecified atom stereocenters. The Morgan fingerprint density at radius 2 is 2.42 bits per heavy atom. The zero-order chi connectivity index (χ0) is 14.1. The standard InChI is InChI=1S/C12H12N6O/c1-8-7-18-11(14-8)3-2-9(17-18)6-12(19)15-10-4-5-13-16-10/h2-5,7H,6H2,1H3,(H2,13,15,16,19)/i5D. The molecule has 0 aromatic carbocycles. The smallest absolute Gasteiger partial charge is 0.231 e. The Hall–Kier alpha value is -2.70. The van der Waals surface area contributed by atoms with Crippen molar-refractivity contribution in [1.29, 1.82) is 0 Å². The van der Waals surface area contributed by atoms with Gasteiger partial charge in [0.1, 0.15) is 0 Å². The van der Waals surface area contributed by atoms with Crippen LogP contribution in [0.5, 0.6) is 0 Å². The summed E-state index contributed by atoms with van der Waals surface area (Å²) >= 11 is 0. The van der Waals surface area contributed by atoms with Gasteiger partial charge in [0.05, 0.1) is 25.4 Å². The van der Waals surface area contributed by atoms with E-state index in [9.17, 15) is 4.79 Å². The van der Waals surface area contributed by atoms with Crippen molar-refractivity contribution in [3.8, 4) is 0 Å². The molecule has 3 aromatic rings. The second-order valence-electron chi connectivity index (χ2n) is 4.13. The van der Waals surface area contributed by atoms with E-state index in [0.717, 1.165) is 11.3 Å². The minimum absolute atomic E-state index is 0.132. The zero-order valence-corrected chi connectivity index (χ0v) is 10.2. The van der Waals surface area contributed by atoms with Crippen LogP contribution in [0.2, 0.25) is 0 Å². The third-order valence-electron chi connectivity index (χ3n) is 2.55. The van der Waals surface area contributed by atoms with Crippen LogP contribution in [0.4, 0.5) is 5.82 Å². The summed E-state index contributed by atoms with van der Waals surface area (Å²) in [5, 5.41) is 13.1. The number of nitrogens with zero attached hydrogens (tertiary/aromatic N) is 4. The second-order valence-corrected chi connectivity index (χ2v) is 4.13. The lowest BCUT2D eigenvalue weighted by molar-refractivity contribution is -0.115. The van der Waals surface area contributed by atoms with Gasteiger partial charge in [0.25, 0.3) is 0 Å². The third-order valence-corrected chi connectivity index (χ3v) is 2.55. The van der Waals surface area contributed by atoms with Crippen molar-refractivity contribution in [2.45, 2.75) is 13.3 Å². The van der Waals surface area contributed by atoms with E-state index >= 15 is 0 Å². The number of hydrogen-bond acceptors (Lipinski definition) is 4. The number of carbonyl (C=O) groups excluding carboxylic acids is 1. The average Bonchev–Trinajstić information content (AvgIpc) is 2.93. The molecule has 0 saturated carbocycles. The van der Waals surface area contributed by atoms with Gasteiger partial charge >= 0.3 is 0 Å². The van der Waals surface area contributed by atoms with Crippen molar-refractivity contribution in [1.82, 2.24) is 24.8 Å². The summed E-state index contributed by atoms with van der Waals surface area (Å²) < 4.78 is 8.93. The summed E-state index contributed by atoms with van der Waals surface area (Å²) in [5.74, 6) is 0.0970. The maximum Gasteiger partial charge on any atom is 0.231 e. The molecule has 3 rings (SSSR count). The number of aromatic nitrogens is 5. The summed E-state index contributed by atoms with van der Waals surface area (Å²) in [4.78, 5) is 16.1. The molecule has 0 aliphatic carbocycles. The highest BCUT2D eigenvalue weighted by Crippen LogP contribution is 2.06. The fourth-order valence-electron chi connectivity index (χ4n) is 1.78. The highest BCUT2D eigenvalue weighted by Gasteiger charge is 2.08. The SMILES string of the molecule is [2H]c1cc(NC(=O)Cc2ccc3nc(C)cn3n2)n[nH]1. The monoisotopic (exact) mass is 257 g/mol. The number of fused-ring (bicyclic) bond motifs is 1. The number of carbonyl (C=O) groups is 1. The van der Waals surface area contributed by atoms with Crippen LogP contribution < -0.4 is 5.32 Å². The molecule has 0 saturated heterocycles. The van der Waals surface area contributed by atoms with Gasteiger partial charge in [-0.3, -0.25) is 9.89 Å². The number of nitrogens with one attached hydrogen (secondary N) is 2. The van der Waals surface area contributed by atoms with Gasteiger partial charge in [-0.15, -0.1) is 0 Å². The van der Waals surface area contributed by atoms with Crippen molar-refractivity contribution >= 4 is 17.4 Å². The fraction of sp³-hybridized carbons (Fsp3) is 0.167. The summed E-state index contributed by atoms with van der Waals surface area (Å²) in [6.45, 7) is 1.89. The second kappa shape index (κ2) is 4.52. The highest BCUT2D eigenvalue weighted by atomic mass is 16.1. The molecule has 0 radical (unpaired) electrons. The number of hydrogen-bond donors (Lipinski definition) is 2. The molecule has 7 nitrogen and oxygen atoms in total. The molecule has 0 bridgehead atoms. The van der Waals surface area contributed by atoms with Gasteiger partial charge in [-0.25, -0.2) is 9.50 Å². The number of aryl methyl sites for hydroxylation is 1. The molecule has 0 aliphatic heterocycles. The van der Waals surface area contributed by atoms with Gasteiger partial charge in [-0.05, 0) is 19.1 Å². The van der Waals surface area contributed by atoms with Gasteiger partial charge in [0.2, 0.25) is 5.91 Å². The molecule has 19 heavy (non-hydrogen) atoms. The Morgan fingerprint density at radius 1 is 1.53 bits per heavy atom. The lowest BCUT2D eigenvalue weighted by Crippen LogP contribution is -2.16. The first-order valence-corrected chi connectivity index (χ1v) is 5.74. The van der Waals surface area contributed by atoms with Crippen LogP contribution in [-0.2, 0) is 11.2 Å². The molecule has 3 heterocycles. The number of aromatic amines is 1. The van der Waals surface area contributed by atoms with Gasteiger partial charge in [0, 0.05) is 12.2 Å². The van der Waals surface area contributed by atoms with Crippen molar-refractivity contribution in [2.24, 2.45) is 0 Å². The summed E-state index contributed by atoms with van der Waals surface area (Å²) in [6.07, 6.45) is 2.08. The molecule has 7 heteroatoms. The largest absolute Gasteiger partial charge is 0.309 e. The van der Waals surface area contributed by atoms with Gasteiger partial charge in [-0.1, -0.05) is 0 Å². The van der Waals surface area contributed by atoms with Gasteiger partial charge in [0.15, 0.2) is 11.5 Å². The van der Waals surface area contributed by atoms with Gasteiger partial charge < -0.3 is 5.32 Å². The molecule has 0 atom stereocenters. The van der Waals surface area contributed by atoms with E-state index in [0.29, 0.717) is 11.5 Å². The Labute approximate surface area is 110 Å². The van der Waals surface area contributed by atoms with Gasteiger partial charge in [-0.2, -0.15) is 10.2 Å². The van der Waals surface area contributed by atoms with Crippen molar-refractivity contribution < 1.29 is 6.17 Å². The summed E-state index contributed by atoms with van der Waals surface area (Å²) in [7, 11) is 0.